The van der Waals surface area contributed by atoms with Gasteiger partial charge in [-0.05, 0) is 57.6 Å². The van der Waals surface area contributed by atoms with Crippen LogP contribution in [-0.2, 0) is 17.8 Å². The first-order chi connectivity index (χ1) is 17.0. The summed E-state index contributed by atoms with van der Waals surface area (Å²) in [5.74, 6) is 0.252. The maximum atomic E-state index is 12.7. The molecule has 4 nitrogen and oxygen atoms in total. The fraction of sp³-hybridized carbons (Fsp3) is 0.129. The predicted octanol–water partition coefficient (Wildman–Crippen LogP) is 6.15. The molecule has 35 heavy (non-hydrogen) atoms. The van der Waals surface area contributed by atoms with Crippen LogP contribution in [0.5, 0.6) is 5.75 Å². The molecule has 0 unspecified atom stereocenters. The summed E-state index contributed by atoms with van der Waals surface area (Å²) in [6, 6.07) is 31.6. The largest absolute Gasteiger partial charge is 0.508 e. The van der Waals surface area contributed by atoms with Crippen LogP contribution in [0.3, 0.4) is 0 Å². The van der Waals surface area contributed by atoms with Crippen molar-refractivity contribution in [1.29, 1.82) is 0 Å². The normalized spacial score (nSPS) is 10.9. The van der Waals surface area contributed by atoms with E-state index in [9.17, 15) is 9.90 Å². The number of nitrogens with zero attached hydrogens (tertiary/aromatic N) is 1. The van der Waals surface area contributed by atoms with Gasteiger partial charge in [-0.2, -0.15) is 0 Å². The first-order valence-corrected chi connectivity index (χ1v) is 11.7. The minimum atomic E-state index is -0.00193. The first kappa shape index (κ1) is 23.8. The lowest BCUT2D eigenvalue weighted by Gasteiger charge is -2.14. The quantitative estimate of drug-likeness (QED) is 0.309. The molecule has 4 heteroatoms. The molecule has 4 rings (SSSR count). The summed E-state index contributed by atoms with van der Waals surface area (Å²) in [5, 5.41) is 12.6. The molecule has 0 aliphatic heterocycles. The molecule has 0 atom stereocenters. The van der Waals surface area contributed by atoms with Crippen molar-refractivity contribution in [2.75, 3.05) is 19.0 Å². The van der Waals surface area contributed by atoms with E-state index in [2.05, 4.69) is 35.7 Å². The van der Waals surface area contributed by atoms with Crippen LogP contribution in [0, 0.1) is 0 Å². The zero-order valence-corrected chi connectivity index (χ0v) is 20.1. The number of aromatic hydroxyl groups is 1. The number of hydrogen-bond acceptors (Lipinski definition) is 3. The second-order valence-electron chi connectivity index (χ2n) is 8.68. The highest BCUT2D eigenvalue weighted by atomic mass is 16.3. The summed E-state index contributed by atoms with van der Waals surface area (Å²) in [6.45, 7) is 0.459. The standard InChI is InChI=1S/C31H30N2O2/c1-33(2)27-17-12-24(13-18-27)21-31(35)32-22-26-8-4-6-10-30(26)29-9-5-3-7-25(29)16-11-23-14-19-28(34)20-15-23/h3-20,34H,21-22H2,1-2H3,(H,32,35). The highest BCUT2D eigenvalue weighted by Gasteiger charge is 2.10. The third-order valence-electron chi connectivity index (χ3n) is 5.91. The van der Waals surface area contributed by atoms with E-state index >= 15 is 0 Å². The number of phenols is 1. The average molecular weight is 463 g/mol. The number of carbonyl (C=O) groups excluding carboxylic acids is 1. The Morgan fingerprint density at radius 1 is 0.800 bits per heavy atom. The van der Waals surface area contributed by atoms with E-state index in [0.717, 1.165) is 39.1 Å². The highest BCUT2D eigenvalue weighted by Crippen LogP contribution is 2.29. The predicted molar refractivity (Wildman–Crippen MR) is 145 cm³/mol. The summed E-state index contributed by atoms with van der Waals surface area (Å²) in [6.07, 6.45) is 4.46. The Kier molecular flexibility index (Phi) is 7.63. The summed E-state index contributed by atoms with van der Waals surface area (Å²) in [7, 11) is 4.00. The van der Waals surface area contributed by atoms with Crippen molar-refractivity contribution in [1.82, 2.24) is 5.32 Å². The molecular formula is C31H30N2O2. The topological polar surface area (TPSA) is 52.6 Å². The zero-order valence-electron chi connectivity index (χ0n) is 20.1. The van der Waals surface area contributed by atoms with Crippen molar-refractivity contribution < 1.29 is 9.90 Å². The zero-order chi connectivity index (χ0) is 24.6. The van der Waals surface area contributed by atoms with Gasteiger partial charge in [-0.25, -0.2) is 0 Å². The lowest BCUT2D eigenvalue weighted by atomic mass is 9.94. The third-order valence-corrected chi connectivity index (χ3v) is 5.91. The third kappa shape index (κ3) is 6.39. The SMILES string of the molecule is CN(C)c1ccc(CC(=O)NCc2ccccc2-c2ccccc2C=Cc2ccc(O)cc2)cc1. The maximum absolute atomic E-state index is 12.7. The van der Waals surface area contributed by atoms with Crippen LogP contribution in [0.1, 0.15) is 22.3 Å². The number of amides is 1. The number of hydrogen-bond donors (Lipinski definition) is 2. The smallest absolute Gasteiger partial charge is 0.224 e. The van der Waals surface area contributed by atoms with Crippen LogP contribution in [-0.4, -0.2) is 25.1 Å². The van der Waals surface area contributed by atoms with Crippen LogP contribution < -0.4 is 10.2 Å². The van der Waals surface area contributed by atoms with Crippen molar-refractivity contribution in [3.05, 3.63) is 119 Å². The lowest BCUT2D eigenvalue weighted by molar-refractivity contribution is -0.120. The summed E-state index contributed by atoms with van der Waals surface area (Å²) >= 11 is 0. The molecule has 0 aromatic heterocycles. The van der Waals surface area contributed by atoms with Gasteiger partial charge in [0.1, 0.15) is 5.75 Å². The molecule has 4 aromatic rings. The monoisotopic (exact) mass is 462 g/mol. The molecule has 0 heterocycles. The number of carbonyl (C=O) groups is 1. The van der Waals surface area contributed by atoms with Gasteiger partial charge in [0.05, 0.1) is 6.42 Å². The Hall–Kier alpha value is -4.31. The maximum Gasteiger partial charge on any atom is 0.224 e. The van der Waals surface area contributed by atoms with E-state index in [1.54, 1.807) is 12.1 Å². The number of anilines is 1. The Balaban J connectivity index is 1.48. The Bertz CT molecular complexity index is 1310. The molecule has 4 aromatic carbocycles. The second-order valence-corrected chi connectivity index (χ2v) is 8.68. The number of phenolic OH excluding ortho intramolecular Hbond substituents is 1. The molecule has 0 saturated carbocycles. The molecule has 1 amide bonds. The molecule has 0 fully saturated rings. The van der Waals surface area contributed by atoms with Gasteiger partial charge in [-0.3, -0.25) is 4.79 Å². The molecule has 0 radical (unpaired) electrons. The van der Waals surface area contributed by atoms with Crippen molar-refractivity contribution in [3.63, 3.8) is 0 Å². The van der Waals surface area contributed by atoms with Crippen molar-refractivity contribution in [2.24, 2.45) is 0 Å². The van der Waals surface area contributed by atoms with Crippen molar-refractivity contribution >= 4 is 23.7 Å². The fourth-order valence-electron chi connectivity index (χ4n) is 3.95. The van der Waals surface area contributed by atoms with Crippen LogP contribution in [0.25, 0.3) is 23.3 Å². The minimum absolute atomic E-state index is 0.00193. The molecular weight excluding hydrogens is 432 g/mol. The van der Waals surface area contributed by atoms with E-state index in [4.69, 9.17) is 0 Å². The molecule has 0 aliphatic carbocycles. The molecule has 0 aliphatic rings. The van der Waals surface area contributed by atoms with Crippen LogP contribution in [0.4, 0.5) is 5.69 Å². The van der Waals surface area contributed by atoms with Crippen LogP contribution in [0.2, 0.25) is 0 Å². The Morgan fingerprint density at radius 3 is 2.17 bits per heavy atom. The van der Waals surface area contributed by atoms with Gasteiger partial charge in [0.25, 0.3) is 0 Å². The first-order valence-electron chi connectivity index (χ1n) is 11.7. The van der Waals surface area contributed by atoms with E-state index in [1.807, 2.05) is 85.7 Å². The van der Waals surface area contributed by atoms with E-state index in [1.165, 1.54) is 0 Å². The summed E-state index contributed by atoms with van der Waals surface area (Å²) in [5.41, 5.74) is 7.46. The summed E-state index contributed by atoms with van der Waals surface area (Å²) in [4.78, 5) is 14.7. The van der Waals surface area contributed by atoms with E-state index < -0.39 is 0 Å². The molecule has 176 valence electrons. The van der Waals surface area contributed by atoms with Gasteiger partial charge in [-0.1, -0.05) is 84.9 Å². The van der Waals surface area contributed by atoms with Gasteiger partial charge < -0.3 is 15.3 Å². The van der Waals surface area contributed by atoms with E-state index in [-0.39, 0.29) is 11.7 Å². The van der Waals surface area contributed by atoms with Gasteiger partial charge in [-0.15, -0.1) is 0 Å². The minimum Gasteiger partial charge on any atom is -0.508 e. The van der Waals surface area contributed by atoms with Gasteiger partial charge in [0, 0.05) is 26.3 Å². The van der Waals surface area contributed by atoms with Crippen molar-refractivity contribution in [2.45, 2.75) is 13.0 Å². The molecule has 0 spiro atoms. The molecule has 2 N–H and O–H groups in total. The number of rotatable bonds is 8. The average Bonchev–Trinajstić information content (AvgIpc) is 2.88. The molecule has 0 saturated heterocycles. The van der Waals surface area contributed by atoms with Crippen molar-refractivity contribution in [3.8, 4) is 16.9 Å². The van der Waals surface area contributed by atoms with E-state index in [0.29, 0.717) is 13.0 Å². The number of nitrogens with one attached hydrogen (secondary N) is 1. The summed E-state index contributed by atoms with van der Waals surface area (Å²) < 4.78 is 0. The van der Waals surface area contributed by atoms with Crippen LogP contribution in [0.15, 0.2) is 97.1 Å². The van der Waals surface area contributed by atoms with Crippen LogP contribution >= 0.6 is 0 Å². The fourth-order valence-corrected chi connectivity index (χ4v) is 3.95. The lowest BCUT2D eigenvalue weighted by Crippen LogP contribution is -2.24. The Morgan fingerprint density at radius 2 is 1.46 bits per heavy atom. The molecule has 0 bridgehead atoms. The Labute approximate surface area is 207 Å². The number of benzene rings is 4. The van der Waals surface area contributed by atoms with Gasteiger partial charge in [0.15, 0.2) is 0 Å². The van der Waals surface area contributed by atoms with Gasteiger partial charge in [0.2, 0.25) is 5.91 Å². The second kappa shape index (κ2) is 11.2. The van der Waals surface area contributed by atoms with Gasteiger partial charge >= 0.3 is 0 Å². The highest BCUT2D eigenvalue weighted by molar-refractivity contribution is 5.83.